The molecule has 2 heterocycles. The van der Waals surface area contributed by atoms with Gasteiger partial charge in [0.15, 0.2) is 0 Å². The molecule has 0 saturated carbocycles. The number of likely N-dealkylation sites (N-methyl/N-ethyl adjacent to an activating group) is 1. The van der Waals surface area contributed by atoms with E-state index in [-0.39, 0.29) is 11.8 Å². The number of carbonyl (C=O) groups is 2. The van der Waals surface area contributed by atoms with Crippen molar-refractivity contribution in [3.63, 3.8) is 0 Å². The third-order valence-corrected chi connectivity index (χ3v) is 6.57. The quantitative estimate of drug-likeness (QED) is 0.526. The van der Waals surface area contributed by atoms with Crippen molar-refractivity contribution in [2.75, 3.05) is 39.8 Å². The number of piperazine rings is 1. The summed E-state index contributed by atoms with van der Waals surface area (Å²) < 4.78 is 0.577. The second kappa shape index (κ2) is 9.67. The Hall–Kier alpha value is -1.70. The van der Waals surface area contributed by atoms with E-state index in [0.717, 1.165) is 38.2 Å². The number of thiocarbonyl (C=S) groups is 1. The number of thioether (sulfide) groups is 1. The molecule has 1 aromatic carbocycles. The molecule has 7 heteroatoms. The Labute approximate surface area is 176 Å². The molecule has 2 amide bonds. The summed E-state index contributed by atoms with van der Waals surface area (Å²) in [6.45, 7) is 6.03. The molecule has 0 aliphatic carbocycles. The summed E-state index contributed by atoms with van der Waals surface area (Å²) in [7, 11) is 2.07. The first-order valence-electron chi connectivity index (χ1n) is 9.78. The summed E-state index contributed by atoms with van der Waals surface area (Å²) in [6, 6.07) is 8.22. The Bertz CT molecular complexity index is 768. The molecule has 0 unspecified atom stereocenters. The zero-order chi connectivity index (χ0) is 20.1. The summed E-state index contributed by atoms with van der Waals surface area (Å²) in [5.41, 5.74) is 2.28. The van der Waals surface area contributed by atoms with Gasteiger partial charge < -0.3 is 9.80 Å². The van der Waals surface area contributed by atoms with Crippen molar-refractivity contribution >= 4 is 46.2 Å². The molecule has 0 N–H and O–H groups in total. The van der Waals surface area contributed by atoms with E-state index in [2.05, 4.69) is 31.0 Å². The molecule has 0 aromatic heterocycles. The first kappa shape index (κ1) is 21.0. The number of amides is 2. The fourth-order valence-electron chi connectivity index (χ4n) is 3.30. The molecule has 5 nitrogen and oxygen atoms in total. The van der Waals surface area contributed by atoms with E-state index in [4.69, 9.17) is 12.2 Å². The van der Waals surface area contributed by atoms with Crippen LogP contribution in [0.5, 0.6) is 0 Å². The van der Waals surface area contributed by atoms with Crippen molar-refractivity contribution in [2.45, 2.75) is 26.2 Å². The smallest absolute Gasteiger partial charge is 0.266 e. The molecular formula is C21H27N3O2S2. The van der Waals surface area contributed by atoms with E-state index >= 15 is 0 Å². The second-order valence-corrected chi connectivity index (χ2v) is 8.89. The minimum absolute atomic E-state index is 0.0541. The fraction of sp³-hybridized carbons (Fsp3) is 0.476. The molecule has 0 atom stereocenters. The third-order valence-electron chi connectivity index (χ3n) is 5.19. The normalized spacial score (nSPS) is 19.7. The van der Waals surface area contributed by atoms with Crippen LogP contribution < -0.4 is 0 Å². The molecule has 0 spiro atoms. The van der Waals surface area contributed by atoms with Crippen LogP contribution in [0.3, 0.4) is 0 Å². The molecule has 1 aromatic rings. The Morgan fingerprint density at radius 3 is 2.50 bits per heavy atom. The topological polar surface area (TPSA) is 43.9 Å². The Balaban J connectivity index is 1.52. The highest BCUT2D eigenvalue weighted by Crippen LogP contribution is 2.32. The maximum Gasteiger partial charge on any atom is 0.266 e. The highest BCUT2D eigenvalue weighted by Gasteiger charge is 2.31. The van der Waals surface area contributed by atoms with Gasteiger partial charge in [-0.2, -0.15) is 0 Å². The molecule has 3 rings (SSSR count). The highest BCUT2D eigenvalue weighted by molar-refractivity contribution is 8.26. The first-order chi connectivity index (χ1) is 13.5. The number of hydrogen-bond acceptors (Lipinski definition) is 5. The number of benzene rings is 1. The molecule has 28 heavy (non-hydrogen) atoms. The second-order valence-electron chi connectivity index (χ2n) is 7.22. The Kier molecular flexibility index (Phi) is 7.26. The van der Waals surface area contributed by atoms with Crippen molar-refractivity contribution in [1.29, 1.82) is 0 Å². The predicted molar refractivity (Wildman–Crippen MR) is 119 cm³/mol. The van der Waals surface area contributed by atoms with Gasteiger partial charge in [-0.3, -0.25) is 14.5 Å². The van der Waals surface area contributed by atoms with E-state index in [9.17, 15) is 9.59 Å². The van der Waals surface area contributed by atoms with Gasteiger partial charge in [0, 0.05) is 39.1 Å². The van der Waals surface area contributed by atoms with E-state index in [1.807, 2.05) is 23.1 Å². The van der Waals surface area contributed by atoms with Crippen molar-refractivity contribution < 1.29 is 9.59 Å². The van der Waals surface area contributed by atoms with Gasteiger partial charge in [0.1, 0.15) is 4.32 Å². The zero-order valence-corrected chi connectivity index (χ0v) is 18.2. The number of rotatable bonds is 6. The zero-order valence-electron chi connectivity index (χ0n) is 16.5. The Morgan fingerprint density at radius 2 is 1.86 bits per heavy atom. The minimum atomic E-state index is -0.0541. The molecule has 0 radical (unpaired) electrons. The molecule has 2 saturated heterocycles. The van der Waals surface area contributed by atoms with Gasteiger partial charge >= 0.3 is 0 Å². The summed E-state index contributed by atoms with van der Waals surface area (Å²) in [6.07, 6.45) is 3.98. The Morgan fingerprint density at radius 1 is 1.18 bits per heavy atom. The lowest BCUT2D eigenvalue weighted by Crippen LogP contribution is -2.47. The maximum atomic E-state index is 12.7. The number of hydrogen-bond donors (Lipinski definition) is 0. The molecule has 2 aliphatic heterocycles. The summed E-state index contributed by atoms with van der Waals surface area (Å²) in [5, 5.41) is 0. The van der Waals surface area contributed by atoms with Crippen LogP contribution in [0.1, 0.15) is 30.9 Å². The number of carbonyl (C=O) groups excluding carboxylic acids is 2. The van der Waals surface area contributed by atoms with Crippen molar-refractivity contribution in [1.82, 2.24) is 14.7 Å². The van der Waals surface area contributed by atoms with Crippen LogP contribution in [0.4, 0.5) is 0 Å². The van der Waals surface area contributed by atoms with E-state index in [1.54, 1.807) is 4.90 Å². The van der Waals surface area contributed by atoms with Gasteiger partial charge in [0.05, 0.1) is 4.91 Å². The SMILES string of the molecule is CCc1ccc(/C=C2/SC(=S)N(CCCC(=O)N3CCN(C)CC3)C2=O)cc1. The van der Waals surface area contributed by atoms with Crippen molar-refractivity contribution in [3.05, 3.63) is 40.3 Å². The van der Waals surface area contributed by atoms with Gasteiger partial charge in [-0.15, -0.1) is 0 Å². The summed E-state index contributed by atoms with van der Waals surface area (Å²) in [5.74, 6) is 0.117. The van der Waals surface area contributed by atoms with Crippen LogP contribution in [0.25, 0.3) is 6.08 Å². The summed E-state index contributed by atoms with van der Waals surface area (Å²) in [4.78, 5) is 31.5. The first-order valence-corrected chi connectivity index (χ1v) is 11.0. The van der Waals surface area contributed by atoms with Crippen LogP contribution in [-0.4, -0.2) is 70.6 Å². The predicted octanol–water partition coefficient (Wildman–Crippen LogP) is 3.00. The standard InChI is InChI=1S/C21H27N3O2S2/c1-3-16-6-8-17(9-7-16)15-18-20(26)24(21(27)28-18)10-4-5-19(25)23-13-11-22(2)12-14-23/h6-9,15H,3-5,10-14H2,1-2H3/b18-15+. The molecule has 2 fully saturated rings. The van der Waals surface area contributed by atoms with Crippen LogP contribution in [0.15, 0.2) is 29.2 Å². The van der Waals surface area contributed by atoms with Crippen LogP contribution in [0, 0.1) is 0 Å². The largest absolute Gasteiger partial charge is 0.340 e. The lowest BCUT2D eigenvalue weighted by Gasteiger charge is -2.32. The molecule has 0 bridgehead atoms. The van der Waals surface area contributed by atoms with Crippen molar-refractivity contribution in [3.8, 4) is 0 Å². The maximum absolute atomic E-state index is 12.7. The van der Waals surface area contributed by atoms with Gasteiger partial charge in [-0.1, -0.05) is 55.2 Å². The van der Waals surface area contributed by atoms with Crippen LogP contribution in [0.2, 0.25) is 0 Å². The summed E-state index contributed by atoms with van der Waals surface area (Å²) >= 11 is 6.74. The van der Waals surface area contributed by atoms with Crippen LogP contribution in [-0.2, 0) is 16.0 Å². The van der Waals surface area contributed by atoms with E-state index in [1.165, 1.54) is 17.3 Å². The monoisotopic (exact) mass is 417 g/mol. The average Bonchev–Trinajstić information content (AvgIpc) is 2.96. The van der Waals surface area contributed by atoms with E-state index < -0.39 is 0 Å². The highest BCUT2D eigenvalue weighted by atomic mass is 32.2. The van der Waals surface area contributed by atoms with E-state index in [0.29, 0.717) is 28.6 Å². The molecule has 2 aliphatic rings. The molecular weight excluding hydrogens is 390 g/mol. The average molecular weight is 418 g/mol. The van der Waals surface area contributed by atoms with Gasteiger partial charge in [0.2, 0.25) is 5.91 Å². The lowest BCUT2D eigenvalue weighted by molar-refractivity contribution is -0.133. The van der Waals surface area contributed by atoms with Crippen LogP contribution >= 0.6 is 24.0 Å². The fourth-order valence-corrected chi connectivity index (χ4v) is 4.60. The van der Waals surface area contributed by atoms with Gasteiger partial charge in [-0.25, -0.2) is 0 Å². The molecule has 150 valence electrons. The lowest BCUT2D eigenvalue weighted by atomic mass is 10.1. The van der Waals surface area contributed by atoms with Crippen molar-refractivity contribution in [2.24, 2.45) is 0 Å². The number of aryl methyl sites for hydroxylation is 1. The minimum Gasteiger partial charge on any atom is -0.340 e. The number of nitrogens with zero attached hydrogens (tertiary/aromatic N) is 3. The third kappa shape index (κ3) is 5.21. The van der Waals surface area contributed by atoms with Gasteiger partial charge in [0.25, 0.3) is 5.91 Å². The van der Waals surface area contributed by atoms with Gasteiger partial charge in [-0.05, 0) is 37.1 Å².